The molecule has 0 atom stereocenters. The zero-order valence-corrected chi connectivity index (χ0v) is 27.4. The van der Waals surface area contributed by atoms with Crippen molar-refractivity contribution < 1.29 is 13.7 Å². The molecule has 1 fully saturated rings. The van der Waals surface area contributed by atoms with E-state index in [1.54, 1.807) is 0 Å². The van der Waals surface area contributed by atoms with Gasteiger partial charge in [-0.1, -0.05) is 108 Å². The van der Waals surface area contributed by atoms with Gasteiger partial charge >= 0.3 is 0 Å². The van der Waals surface area contributed by atoms with Gasteiger partial charge in [0.2, 0.25) is 0 Å². The zero-order chi connectivity index (χ0) is 27.7. The Morgan fingerprint density at radius 2 is 1.08 bits per heavy atom. The molecule has 1 saturated carbocycles. The van der Waals surface area contributed by atoms with Crippen LogP contribution in [0.25, 0.3) is 9.81 Å². The Labute approximate surface area is 254 Å². The molecule has 4 rings (SSSR count). The molecule has 3 nitrogen and oxygen atoms in total. The minimum atomic E-state index is -1.23. The van der Waals surface area contributed by atoms with Gasteiger partial charge in [-0.25, -0.2) is 4.21 Å². The van der Waals surface area contributed by atoms with Crippen LogP contribution in [0.3, 0.4) is 0 Å². The monoisotopic (exact) mass is 676 g/mol. The van der Waals surface area contributed by atoms with Gasteiger partial charge in [-0.2, -0.15) is 0 Å². The Bertz CT molecular complexity index is 1080. The maximum absolute atomic E-state index is 14.1. The highest BCUT2D eigenvalue weighted by Gasteiger charge is 2.47. The molecule has 39 heavy (non-hydrogen) atoms. The van der Waals surface area contributed by atoms with Crippen LogP contribution in [-0.2, 0) is 20.3 Å². The number of benzene rings is 2. The van der Waals surface area contributed by atoms with Crippen molar-refractivity contribution in [2.75, 3.05) is 26.4 Å². The van der Waals surface area contributed by atoms with Crippen molar-refractivity contribution >= 4 is 52.5 Å². The number of fused-ring (bicyclic) bond motifs is 1. The fraction of sp³-hybridized carbons (Fsp3) is 0.515. The lowest BCUT2D eigenvalue weighted by molar-refractivity contribution is -0.0173. The Morgan fingerprint density at radius 1 is 0.667 bits per heavy atom. The van der Waals surface area contributed by atoms with Crippen LogP contribution in [-0.4, -0.2) is 30.6 Å². The second kappa shape index (κ2) is 15.3. The molecular weight excluding hydrogens is 636 g/mol. The van der Waals surface area contributed by atoms with Gasteiger partial charge < -0.3 is 9.47 Å². The number of ether oxygens (including phenoxy) is 2. The Morgan fingerprint density at radius 3 is 1.46 bits per heavy atom. The normalized spacial score (nSPS) is 16.9. The van der Waals surface area contributed by atoms with E-state index in [1.165, 1.54) is 49.7 Å². The summed E-state index contributed by atoms with van der Waals surface area (Å²) < 4.78 is 28.9. The molecule has 2 aromatic carbocycles. The van der Waals surface area contributed by atoms with Crippen LogP contribution in [0.15, 0.2) is 68.6 Å². The van der Waals surface area contributed by atoms with Crippen molar-refractivity contribution in [3.63, 3.8) is 0 Å². The predicted octanol–water partition coefficient (Wildman–Crippen LogP) is 10.1. The van der Waals surface area contributed by atoms with Gasteiger partial charge in [0.1, 0.15) is 0 Å². The number of unbranched alkanes of at least 4 members (excludes halogenated alkanes) is 6. The standard InChI is InChI=1S/C33H42Br2O3S/c1-3-5-7-9-19-37-23-33(24-38-20-10-8-6-4-2)21-29-30(22-33)32(26-13-17-28(35)18-14-26)39(36)31(29)25-11-15-27(34)16-12-25/h11-18H,3-10,19-24H2,1-2H3. The van der Waals surface area contributed by atoms with Gasteiger partial charge in [0, 0.05) is 27.6 Å². The molecule has 1 aliphatic carbocycles. The molecule has 0 saturated heterocycles. The minimum absolute atomic E-state index is 0.133. The summed E-state index contributed by atoms with van der Waals surface area (Å²) in [6.07, 6.45) is 11.3. The van der Waals surface area contributed by atoms with E-state index in [0.717, 1.165) is 68.8 Å². The first-order valence-corrected chi connectivity index (χ1v) is 17.3. The lowest BCUT2D eigenvalue weighted by Crippen LogP contribution is -2.30. The highest BCUT2D eigenvalue weighted by Crippen LogP contribution is 2.56. The molecule has 212 valence electrons. The highest BCUT2D eigenvalue weighted by atomic mass is 79.9. The molecule has 2 aromatic rings. The summed E-state index contributed by atoms with van der Waals surface area (Å²) in [7, 11) is -1.23. The SMILES string of the molecule is CCCCCCOCC1(COCCCCCC)CC2=C(c3ccc(Br)cc3)S(=O)C(c3ccc(Br)cc3)=C2C1. The zero-order valence-electron chi connectivity index (χ0n) is 23.4. The summed E-state index contributed by atoms with van der Waals surface area (Å²) in [6, 6.07) is 16.5. The fourth-order valence-electron chi connectivity index (χ4n) is 5.64. The largest absolute Gasteiger partial charge is 0.381 e. The van der Waals surface area contributed by atoms with Crippen molar-refractivity contribution in [1.29, 1.82) is 0 Å². The summed E-state index contributed by atoms with van der Waals surface area (Å²) >= 11 is 7.12. The Hall–Kier alpha value is -1.05. The summed E-state index contributed by atoms with van der Waals surface area (Å²) in [6.45, 7) is 7.41. The van der Waals surface area contributed by atoms with Gasteiger partial charge in [0.05, 0.1) is 33.8 Å². The third kappa shape index (κ3) is 8.03. The molecule has 0 spiro atoms. The van der Waals surface area contributed by atoms with E-state index < -0.39 is 10.8 Å². The van der Waals surface area contributed by atoms with E-state index in [4.69, 9.17) is 9.47 Å². The van der Waals surface area contributed by atoms with Crippen molar-refractivity contribution in [1.82, 2.24) is 0 Å². The Balaban J connectivity index is 1.64. The highest BCUT2D eigenvalue weighted by molar-refractivity contribution is 9.10. The maximum Gasteiger partial charge on any atom is 0.0867 e. The van der Waals surface area contributed by atoms with Crippen LogP contribution in [0.4, 0.5) is 0 Å². The van der Waals surface area contributed by atoms with Crippen molar-refractivity contribution in [2.45, 2.75) is 78.1 Å². The first kappa shape index (κ1) is 30.9. The van der Waals surface area contributed by atoms with E-state index in [-0.39, 0.29) is 5.41 Å². The number of hydrogen-bond acceptors (Lipinski definition) is 3. The van der Waals surface area contributed by atoms with Crippen LogP contribution < -0.4 is 0 Å². The lowest BCUT2D eigenvalue weighted by atomic mass is 9.87. The van der Waals surface area contributed by atoms with Crippen molar-refractivity contribution in [2.24, 2.45) is 5.41 Å². The molecule has 1 heterocycles. The summed E-state index contributed by atoms with van der Waals surface area (Å²) in [5.74, 6) is 0. The second-order valence-corrected chi connectivity index (χ2v) is 14.2. The molecule has 0 N–H and O–H groups in total. The molecule has 2 aliphatic rings. The number of hydrogen-bond donors (Lipinski definition) is 0. The van der Waals surface area contributed by atoms with Crippen molar-refractivity contribution in [3.8, 4) is 0 Å². The van der Waals surface area contributed by atoms with Gasteiger partial charge in [0.15, 0.2) is 0 Å². The third-order valence-electron chi connectivity index (χ3n) is 7.70. The van der Waals surface area contributed by atoms with Crippen LogP contribution in [0.5, 0.6) is 0 Å². The van der Waals surface area contributed by atoms with Crippen LogP contribution >= 0.6 is 31.9 Å². The molecule has 0 bridgehead atoms. The summed E-state index contributed by atoms with van der Waals surface area (Å²) in [5, 5.41) is 0. The molecule has 0 radical (unpaired) electrons. The molecule has 0 aromatic heterocycles. The molecule has 0 unspecified atom stereocenters. The molecule has 1 aliphatic heterocycles. The van der Waals surface area contributed by atoms with Gasteiger partial charge in [-0.05, 0) is 72.2 Å². The fourth-order valence-corrected chi connectivity index (χ4v) is 7.91. The second-order valence-electron chi connectivity index (χ2n) is 11.0. The third-order valence-corrected chi connectivity index (χ3v) is 10.5. The molecular formula is C33H42Br2O3S. The predicted molar refractivity (Wildman–Crippen MR) is 172 cm³/mol. The topological polar surface area (TPSA) is 35.5 Å². The average molecular weight is 679 g/mol. The van der Waals surface area contributed by atoms with E-state index in [9.17, 15) is 4.21 Å². The van der Waals surface area contributed by atoms with Crippen molar-refractivity contribution in [3.05, 3.63) is 79.7 Å². The lowest BCUT2D eigenvalue weighted by Gasteiger charge is -2.29. The molecule has 0 amide bonds. The van der Waals surface area contributed by atoms with E-state index >= 15 is 0 Å². The van der Waals surface area contributed by atoms with Gasteiger partial charge in [-0.15, -0.1) is 0 Å². The smallest absolute Gasteiger partial charge is 0.0867 e. The van der Waals surface area contributed by atoms with E-state index in [0.29, 0.717) is 13.2 Å². The number of halogens is 2. The Kier molecular flexibility index (Phi) is 12.1. The first-order valence-electron chi connectivity index (χ1n) is 14.5. The molecule has 6 heteroatoms. The maximum atomic E-state index is 14.1. The van der Waals surface area contributed by atoms with Gasteiger partial charge in [0.25, 0.3) is 0 Å². The van der Waals surface area contributed by atoms with Crippen LogP contribution in [0.2, 0.25) is 0 Å². The quantitative estimate of drug-likeness (QED) is 0.166. The average Bonchev–Trinajstić information content (AvgIpc) is 3.41. The number of allylic oxidation sites excluding steroid dienone is 2. The van der Waals surface area contributed by atoms with E-state index in [2.05, 4.69) is 70.0 Å². The van der Waals surface area contributed by atoms with Crippen LogP contribution in [0.1, 0.15) is 89.2 Å². The van der Waals surface area contributed by atoms with Crippen LogP contribution in [0, 0.1) is 5.41 Å². The summed E-state index contributed by atoms with van der Waals surface area (Å²) in [4.78, 5) is 1.92. The van der Waals surface area contributed by atoms with Gasteiger partial charge in [-0.3, -0.25) is 0 Å². The summed E-state index contributed by atoms with van der Waals surface area (Å²) in [5.41, 5.74) is 4.41. The number of rotatable bonds is 16. The first-order chi connectivity index (χ1) is 19.0. The van der Waals surface area contributed by atoms with E-state index in [1.807, 2.05) is 24.3 Å². The minimum Gasteiger partial charge on any atom is -0.381 e.